The fraction of sp³-hybridized carbons (Fsp3) is 0.364. The summed E-state index contributed by atoms with van der Waals surface area (Å²) in [5.74, 6) is -0.492. The van der Waals surface area contributed by atoms with E-state index in [1.807, 2.05) is 45.0 Å². The number of thioether (sulfide) groups is 1. The zero-order chi connectivity index (χ0) is 32.1. The number of nitrogens with zero attached hydrogens (tertiary/aromatic N) is 1. The van der Waals surface area contributed by atoms with Crippen LogP contribution in [0.3, 0.4) is 0 Å². The van der Waals surface area contributed by atoms with Gasteiger partial charge in [-0.25, -0.2) is 0 Å². The maximum absolute atomic E-state index is 11.8. The van der Waals surface area contributed by atoms with Crippen molar-refractivity contribution < 1.29 is 30.0 Å². The number of anilines is 1. The van der Waals surface area contributed by atoms with Crippen molar-refractivity contribution in [1.82, 2.24) is 4.90 Å². The third-order valence-corrected chi connectivity index (χ3v) is 9.71. The van der Waals surface area contributed by atoms with E-state index in [4.69, 9.17) is 29.2 Å². The van der Waals surface area contributed by atoms with Gasteiger partial charge in [-0.1, -0.05) is 50.4 Å². The molecule has 3 aromatic carbocycles. The van der Waals surface area contributed by atoms with Crippen molar-refractivity contribution in [3.05, 3.63) is 76.3 Å². The minimum atomic E-state index is -0.350. The van der Waals surface area contributed by atoms with E-state index in [9.17, 15) is 25.2 Å². The Labute approximate surface area is 273 Å². The van der Waals surface area contributed by atoms with E-state index in [0.29, 0.717) is 31.4 Å². The molecule has 44 heavy (non-hydrogen) atoms. The average molecular weight is 655 g/mol. The van der Waals surface area contributed by atoms with Crippen molar-refractivity contribution >= 4 is 57.0 Å². The van der Waals surface area contributed by atoms with Gasteiger partial charge in [0, 0.05) is 40.7 Å². The van der Waals surface area contributed by atoms with Crippen LogP contribution in [0.2, 0.25) is 0 Å². The number of methoxy groups -OCH3 is 1. The predicted octanol–water partition coefficient (Wildman–Crippen LogP) is 6.97. The second kappa shape index (κ2) is 14.6. The minimum absolute atomic E-state index is 0.00993. The number of ether oxygens (including phenoxy) is 1. The summed E-state index contributed by atoms with van der Waals surface area (Å²) in [7, 11) is 1.43. The first-order valence-electron chi connectivity index (χ1n) is 14.4. The largest absolute Gasteiger partial charge is 0.508 e. The maximum Gasteiger partial charge on any atom is 0.308 e. The Kier molecular flexibility index (Phi) is 11.1. The highest BCUT2D eigenvalue weighted by Gasteiger charge is 2.26. The van der Waals surface area contributed by atoms with Crippen LogP contribution in [-0.2, 0) is 16.1 Å². The molecule has 234 valence electrons. The van der Waals surface area contributed by atoms with Gasteiger partial charge in [0.15, 0.2) is 0 Å². The summed E-state index contributed by atoms with van der Waals surface area (Å²) < 4.78 is 5.28. The van der Waals surface area contributed by atoms with E-state index in [1.54, 1.807) is 12.1 Å². The Morgan fingerprint density at radius 2 is 1.48 bits per heavy atom. The summed E-state index contributed by atoms with van der Waals surface area (Å²) in [4.78, 5) is 14.4. The first-order valence-corrected chi connectivity index (χ1v) is 16.1. The summed E-state index contributed by atoms with van der Waals surface area (Å²) in [5, 5.41) is 44.8. The molecule has 0 spiro atoms. The minimum Gasteiger partial charge on any atom is -0.508 e. The molecule has 8 nitrogen and oxygen atoms in total. The van der Waals surface area contributed by atoms with Gasteiger partial charge in [-0.15, -0.1) is 11.8 Å². The van der Waals surface area contributed by atoms with Gasteiger partial charge >= 0.3 is 5.97 Å². The lowest BCUT2D eigenvalue weighted by molar-refractivity contribution is -0.147. The molecule has 1 fully saturated rings. The van der Waals surface area contributed by atoms with Crippen molar-refractivity contribution in [2.75, 3.05) is 25.5 Å². The van der Waals surface area contributed by atoms with Crippen LogP contribution < -0.4 is 5.32 Å². The molecule has 0 bridgehead atoms. The highest BCUT2D eigenvalue weighted by Crippen LogP contribution is 2.42. The standard InChI is InChI=1S/C33H38N2O6S3/c1-18(2)23-13-26(30(39)15-27(23)36)33(43)44-19(3)24-14-25(29(38)16-28(24)37)31(42)34-22-7-5-20(6-8-22)17-35-11-9-21(10-12-35)32(40)41-4/h5-8,13-16,18-19,21,36-39H,9-12,17H2,1-4H3,(H,34,42). The Hall–Kier alpha value is -3.38. The predicted molar refractivity (Wildman–Crippen MR) is 183 cm³/mol. The number of hydrogen-bond acceptors (Lipinski definition) is 10. The lowest BCUT2D eigenvalue weighted by Crippen LogP contribution is -2.36. The summed E-state index contributed by atoms with van der Waals surface area (Å²) in [6.45, 7) is 8.19. The molecular formula is C33H38N2O6S3. The zero-order valence-corrected chi connectivity index (χ0v) is 27.6. The van der Waals surface area contributed by atoms with Gasteiger partial charge in [-0.3, -0.25) is 9.69 Å². The summed E-state index contributed by atoms with van der Waals surface area (Å²) >= 11 is 12.5. The van der Waals surface area contributed by atoms with Gasteiger partial charge in [0.25, 0.3) is 0 Å². The first kappa shape index (κ1) is 33.5. The fourth-order valence-corrected chi connectivity index (χ4v) is 7.06. The number of aromatic hydroxyl groups is 4. The van der Waals surface area contributed by atoms with E-state index >= 15 is 0 Å². The van der Waals surface area contributed by atoms with Gasteiger partial charge in [0.05, 0.1) is 22.8 Å². The Morgan fingerprint density at radius 3 is 2.07 bits per heavy atom. The fourth-order valence-electron chi connectivity index (χ4n) is 5.25. The maximum atomic E-state index is 11.8. The van der Waals surface area contributed by atoms with Crippen molar-refractivity contribution in [3.8, 4) is 23.0 Å². The van der Waals surface area contributed by atoms with E-state index in [1.165, 1.54) is 31.0 Å². The van der Waals surface area contributed by atoms with Crippen LogP contribution >= 0.6 is 36.2 Å². The molecule has 0 saturated carbocycles. The SMILES string of the molecule is COC(=O)C1CCN(Cc2ccc(NC(=S)c3cc(C(C)SC(=S)c4cc(C(C)C)c(O)cc4O)c(O)cc3O)cc2)CC1. The van der Waals surface area contributed by atoms with Gasteiger partial charge in [0.1, 0.15) is 28.0 Å². The zero-order valence-electron chi connectivity index (χ0n) is 25.2. The molecule has 1 atom stereocenters. The number of benzene rings is 3. The molecule has 1 unspecified atom stereocenters. The number of thiocarbonyl (C=S) groups is 2. The number of hydrogen-bond donors (Lipinski definition) is 5. The molecule has 0 aromatic heterocycles. The topological polar surface area (TPSA) is 122 Å². The van der Waals surface area contributed by atoms with Gasteiger partial charge in [0.2, 0.25) is 0 Å². The molecule has 3 aromatic rings. The van der Waals surface area contributed by atoms with Gasteiger partial charge in [-0.05, 0) is 74.2 Å². The second-order valence-electron chi connectivity index (χ2n) is 11.3. The highest BCUT2D eigenvalue weighted by molar-refractivity contribution is 8.23. The van der Waals surface area contributed by atoms with Crippen LogP contribution in [0.15, 0.2) is 48.5 Å². The third kappa shape index (κ3) is 8.01. The Morgan fingerprint density at radius 1 is 0.909 bits per heavy atom. The van der Waals surface area contributed by atoms with Crippen molar-refractivity contribution in [1.29, 1.82) is 0 Å². The molecule has 4 rings (SSSR count). The van der Waals surface area contributed by atoms with Crippen molar-refractivity contribution in [2.24, 2.45) is 5.92 Å². The van der Waals surface area contributed by atoms with Crippen LogP contribution in [0.25, 0.3) is 0 Å². The number of carbonyl (C=O) groups excluding carboxylic acids is 1. The summed E-state index contributed by atoms with van der Waals surface area (Å²) in [6.07, 6.45) is 1.58. The lowest BCUT2D eigenvalue weighted by atomic mass is 9.96. The van der Waals surface area contributed by atoms with Crippen molar-refractivity contribution in [2.45, 2.75) is 51.3 Å². The third-order valence-electron chi connectivity index (χ3n) is 7.84. The highest BCUT2D eigenvalue weighted by atomic mass is 32.2. The molecule has 1 aliphatic heterocycles. The van der Waals surface area contributed by atoms with Crippen LogP contribution in [0, 0.1) is 5.92 Å². The Balaban J connectivity index is 1.41. The van der Waals surface area contributed by atoms with Crippen LogP contribution in [0.1, 0.15) is 72.6 Å². The van der Waals surface area contributed by atoms with Gasteiger partial charge < -0.3 is 30.5 Å². The number of carbonyl (C=O) groups is 1. The number of likely N-dealkylation sites (tertiary alicyclic amines) is 1. The number of phenols is 4. The van der Waals surface area contributed by atoms with Crippen LogP contribution in [-0.4, -0.2) is 60.7 Å². The van der Waals surface area contributed by atoms with E-state index < -0.39 is 0 Å². The average Bonchev–Trinajstić information content (AvgIpc) is 2.97. The number of nitrogens with one attached hydrogen (secondary N) is 1. The summed E-state index contributed by atoms with van der Waals surface area (Å²) in [6, 6.07) is 13.8. The smallest absolute Gasteiger partial charge is 0.308 e. The first-order chi connectivity index (χ1) is 20.9. The molecule has 0 radical (unpaired) electrons. The molecule has 5 N–H and O–H groups in total. The monoisotopic (exact) mass is 654 g/mol. The molecule has 1 heterocycles. The Bertz CT molecular complexity index is 1540. The van der Waals surface area contributed by atoms with Crippen LogP contribution in [0.5, 0.6) is 23.0 Å². The molecule has 0 amide bonds. The number of esters is 1. The van der Waals surface area contributed by atoms with Crippen LogP contribution in [0.4, 0.5) is 5.69 Å². The van der Waals surface area contributed by atoms with Gasteiger partial charge in [-0.2, -0.15) is 0 Å². The molecule has 0 aliphatic carbocycles. The lowest BCUT2D eigenvalue weighted by Gasteiger charge is -2.30. The second-order valence-corrected chi connectivity index (χ2v) is 13.7. The molecular weight excluding hydrogens is 617 g/mol. The van der Waals surface area contributed by atoms with E-state index in [0.717, 1.165) is 43.7 Å². The van der Waals surface area contributed by atoms with E-state index in [-0.39, 0.29) is 46.1 Å². The number of piperidine rings is 1. The summed E-state index contributed by atoms with van der Waals surface area (Å²) in [5.41, 5.74) is 3.87. The quantitative estimate of drug-likeness (QED) is 0.121. The van der Waals surface area contributed by atoms with E-state index in [2.05, 4.69) is 10.2 Å². The molecule has 11 heteroatoms. The normalized spacial score (nSPS) is 14.8. The van der Waals surface area contributed by atoms with Crippen molar-refractivity contribution in [3.63, 3.8) is 0 Å². The molecule has 1 aliphatic rings. The number of phenolic OH excluding ortho intramolecular Hbond substituents is 4. The number of rotatable bonds is 9. The molecule has 1 saturated heterocycles.